The van der Waals surface area contributed by atoms with Crippen molar-refractivity contribution in [3.05, 3.63) is 21.7 Å². The van der Waals surface area contributed by atoms with Crippen LogP contribution in [0.25, 0.3) is 4.96 Å². The van der Waals surface area contributed by atoms with Gasteiger partial charge in [-0.3, -0.25) is 0 Å². The standard InChI is InChI=1S/C12H17N5O2S/c1-15-5-3-2-4-9(15)8-13-10-11(17(18)19)16-6-7-20-12(16)14-10/h6-7,9,13H,2-5,8H2,1H3. The fourth-order valence-electron chi connectivity index (χ4n) is 2.68. The molecule has 1 atom stereocenters. The van der Waals surface area contributed by atoms with Gasteiger partial charge in [-0.2, -0.15) is 9.38 Å². The topological polar surface area (TPSA) is 75.7 Å². The first kappa shape index (κ1) is 13.3. The van der Waals surface area contributed by atoms with Crippen molar-refractivity contribution in [2.24, 2.45) is 0 Å². The molecule has 1 fully saturated rings. The smallest absolute Gasteiger partial charge is 0.361 e. The van der Waals surface area contributed by atoms with E-state index < -0.39 is 0 Å². The lowest BCUT2D eigenvalue weighted by atomic mass is 10.0. The molecule has 1 aliphatic rings. The Morgan fingerprint density at radius 3 is 3.20 bits per heavy atom. The van der Waals surface area contributed by atoms with Crippen molar-refractivity contribution in [3.8, 4) is 0 Å². The van der Waals surface area contributed by atoms with Crippen LogP contribution in [0, 0.1) is 10.1 Å². The van der Waals surface area contributed by atoms with E-state index in [9.17, 15) is 10.1 Å². The van der Waals surface area contributed by atoms with E-state index in [2.05, 4.69) is 22.2 Å². The molecule has 1 saturated heterocycles. The van der Waals surface area contributed by atoms with Crippen molar-refractivity contribution in [1.82, 2.24) is 14.3 Å². The minimum atomic E-state index is -0.375. The summed E-state index contributed by atoms with van der Waals surface area (Å²) in [6.45, 7) is 1.79. The second-order valence-corrected chi connectivity index (χ2v) is 5.98. The summed E-state index contributed by atoms with van der Waals surface area (Å²) in [5.41, 5.74) is 0. The fraction of sp³-hybridized carbons (Fsp3) is 0.583. The molecule has 20 heavy (non-hydrogen) atoms. The minimum absolute atomic E-state index is 0.0275. The number of hydrogen-bond donors (Lipinski definition) is 1. The Kier molecular flexibility index (Phi) is 3.58. The Hall–Kier alpha value is -1.67. The molecule has 0 aromatic carbocycles. The molecule has 0 aliphatic carbocycles. The summed E-state index contributed by atoms with van der Waals surface area (Å²) in [6, 6.07) is 0.420. The highest BCUT2D eigenvalue weighted by molar-refractivity contribution is 7.15. The highest BCUT2D eigenvalue weighted by Gasteiger charge is 2.25. The Morgan fingerprint density at radius 1 is 1.60 bits per heavy atom. The SMILES string of the molecule is CN1CCCCC1CNc1nc2sccn2c1[N+](=O)[O-]. The van der Waals surface area contributed by atoms with Gasteiger partial charge in [-0.25, -0.2) is 0 Å². The lowest BCUT2D eigenvalue weighted by molar-refractivity contribution is -0.389. The highest BCUT2D eigenvalue weighted by Crippen LogP contribution is 2.28. The first-order valence-electron chi connectivity index (χ1n) is 6.71. The first-order chi connectivity index (χ1) is 9.66. The number of hydrogen-bond acceptors (Lipinski definition) is 6. The van der Waals surface area contributed by atoms with Crippen LogP contribution in [-0.2, 0) is 0 Å². The van der Waals surface area contributed by atoms with Gasteiger partial charge < -0.3 is 20.3 Å². The maximum atomic E-state index is 11.2. The van der Waals surface area contributed by atoms with E-state index in [-0.39, 0.29) is 10.7 Å². The number of piperidine rings is 1. The maximum Gasteiger partial charge on any atom is 0.372 e. The number of thiazole rings is 1. The molecule has 1 unspecified atom stereocenters. The number of nitrogens with one attached hydrogen (secondary N) is 1. The Labute approximate surface area is 120 Å². The quantitative estimate of drug-likeness (QED) is 0.691. The summed E-state index contributed by atoms with van der Waals surface area (Å²) in [5, 5.41) is 16.2. The van der Waals surface area contributed by atoms with Gasteiger partial charge >= 0.3 is 5.82 Å². The number of aromatic nitrogens is 2. The molecular formula is C12H17N5O2S. The Bertz CT molecular complexity index is 622. The van der Waals surface area contributed by atoms with Gasteiger partial charge in [0.25, 0.3) is 4.96 Å². The first-order valence-corrected chi connectivity index (χ1v) is 7.59. The molecule has 8 heteroatoms. The van der Waals surface area contributed by atoms with Crippen LogP contribution in [0.3, 0.4) is 0 Å². The van der Waals surface area contributed by atoms with E-state index in [1.54, 1.807) is 11.6 Å². The number of nitrogens with zero attached hydrogens (tertiary/aromatic N) is 4. The molecule has 0 spiro atoms. The van der Waals surface area contributed by atoms with Crippen molar-refractivity contribution >= 4 is 27.9 Å². The number of rotatable bonds is 4. The van der Waals surface area contributed by atoms with Crippen molar-refractivity contribution < 1.29 is 4.92 Å². The van der Waals surface area contributed by atoms with Gasteiger partial charge in [-0.15, -0.1) is 0 Å². The molecule has 0 bridgehead atoms. The van der Waals surface area contributed by atoms with E-state index in [0.717, 1.165) is 13.0 Å². The summed E-state index contributed by atoms with van der Waals surface area (Å²) in [4.78, 5) is 18.1. The van der Waals surface area contributed by atoms with Crippen LogP contribution >= 0.6 is 11.3 Å². The number of likely N-dealkylation sites (N-methyl/N-ethyl adjacent to an activating group) is 1. The van der Waals surface area contributed by atoms with Gasteiger partial charge in [0.1, 0.15) is 6.20 Å². The molecular weight excluding hydrogens is 278 g/mol. The lowest BCUT2D eigenvalue weighted by Crippen LogP contribution is -2.40. The second-order valence-electron chi connectivity index (χ2n) is 5.11. The zero-order chi connectivity index (χ0) is 14.1. The van der Waals surface area contributed by atoms with E-state index in [4.69, 9.17) is 0 Å². The molecule has 1 aliphatic heterocycles. The van der Waals surface area contributed by atoms with E-state index in [1.165, 1.54) is 28.6 Å². The number of likely N-dealkylation sites (tertiary alicyclic amines) is 1. The third kappa shape index (κ3) is 2.36. The third-order valence-corrected chi connectivity index (χ3v) is 4.59. The van der Waals surface area contributed by atoms with Gasteiger partial charge in [-0.05, 0) is 31.4 Å². The van der Waals surface area contributed by atoms with Crippen LogP contribution < -0.4 is 5.32 Å². The van der Waals surface area contributed by atoms with E-state index in [1.807, 2.05) is 0 Å². The van der Waals surface area contributed by atoms with Crippen LogP contribution in [0.4, 0.5) is 11.6 Å². The molecule has 1 N–H and O–H groups in total. The van der Waals surface area contributed by atoms with Gasteiger partial charge in [0, 0.05) is 18.0 Å². The molecule has 3 rings (SSSR count). The zero-order valence-corrected chi connectivity index (χ0v) is 12.1. The second kappa shape index (κ2) is 5.37. The molecule has 7 nitrogen and oxygen atoms in total. The third-order valence-electron chi connectivity index (χ3n) is 3.84. The van der Waals surface area contributed by atoms with Crippen LogP contribution in [0.5, 0.6) is 0 Å². The summed E-state index contributed by atoms with van der Waals surface area (Å²) >= 11 is 1.40. The largest absolute Gasteiger partial charge is 0.372 e. The van der Waals surface area contributed by atoms with E-state index in [0.29, 0.717) is 23.4 Å². The lowest BCUT2D eigenvalue weighted by Gasteiger charge is -2.32. The predicted molar refractivity (Wildman–Crippen MR) is 78.5 cm³/mol. The van der Waals surface area contributed by atoms with Gasteiger partial charge in [0.15, 0.2) is 0 Å². The number of fused-ring (bicyclic) bond motifs is 1. The summed E-state index contributed by atoms with van der Waals surface area (Å²) < 4.78 is 1.53. The predicted octanol–water partition coefficient (Wildman–Crippen LogP) is 2.20. The Balaban J connectivity index is 1.78. The molecule has 0 radical (unpaired) electrons. The average Bonchev–Trinajstić information content (AvgIpc) is 2.97. The number of anilines is 1. The molecule has 0 saturated carbocycles. The molecule has 2 aromatic heterocycles. The van der Waals surface area contributed by atoms with Crippen LogP contribution in [-0.4, -0.2) is 45.4 Å². The van der Waals surface area contributed by atoms with Gasteiger partial charge in [-0.1, -0.05) is 17.8 Å². The van der Waals surface area contributed by atoms with Crippen molar-refractivity contribution in [3.63, 3.8) is 0 Å². The summed E-state index contributed by atoms with van der Waals surface area (Å²) in [6.07, 6.45) is 5.26. The molecule has 3 heterocycles. The number of imidazole rings is 1. The van der Waals surface area contributed by atoms with Crippen molar-refractivity contribution in [1.29, 1.82) is 0 Å². The minimum Gasteiger partial charge on any atom is -0.361 e. The Morgan fingerprint density at radius 2 is 2.45 bits per heavy atom. The van der Waals surface area contributed by atoms with E-state index >= 15 is 0 Å². The maximum absolute atomic E-state index is 11.2. The van der Waals surface area contributed by atoms with Crippen LogP contribution in [0.15, 0.2) is 11.6 Å². The monoisotopic (exact) mass is 295 g/mol. The summed E-state index contributed by atoms with van der Waals surface area (Å²) in [5.74, 6) is 0.403. The van der Waals surface area contributed by atoms with Gasteiger partial charge in [0.05, 0.1) is 0 Å². The zero-order valence-electron chi connectivity index (χ0n) is 11.3. The normalized spacial score (nSPS) is 20.4. The molecule has 2 aromatic rings. The van der Waals surface area contributed by atoms with Gasteiger partial charge in [0.2, 0.25) is 5.82 Å². The van der Waals surface area contributed by atoms with Crippen molar-refractivity contribution in [2.45, 2.75) is 25.3 Å². The highest BCUT2D eigenvalue weighted by atomic mass is 32.1. The molecule has 108 valence electrons. The van der Waals surface area contributed by atoms with Crippen molar-refractivity contribution in [2.75, 3.05) is 25.5 Å². The summed E-state index contributed by atoms with van der Waals surface area (Å²) in [7, 11) is 2.10. The number of nitro groups is 1. The molecule has 0 amide bonds. The average molecular weight is 295 g/mol. The van der Waals surface area contributed by atoms with Crippen LogP contribution in [0.2, 0.25) is 0 Å². The fourth-order valence-corrected chi connectivity index (χ4v) is 3.39. The van der Waals surface area contributed by atoms with Crippen LogP contribution in [0.1, 0.15) is 19.3 Å².